The average molecular weight is 439 g/mol. The molecule has 3 atom stereocenters. The van der Waals surface area contributed by atoms with Gasteiger partial charge in [0.25, 0.3) is 0 Å². The lowest BCUT2D eigenvalue weighted by Gasteiger charge is -2.33. The Morgan fingerprint density at radius 3 is 2.74 bits per heavy atom. The second-order valence-corrected chi connectivity index (χ2v) is 8.57. The van der Waals surface area contributed by atoms with E-state index in [1.165, 1.54) is 0 Å². The van der Waals surface area contributed by atoms with Crippen LogP contribution in [0.25, 0.3) is 10.9 Å². The Kier molecular flexibility index (Phi) is 4.99. The fourth-order valence-corrected chi connectivity index (χ4v) is 5.60. The summed E-state index contributed by atoms with van der Waals surface area (Å²) in [6.45, 7) is 0.695. The first-order chi connectivity index (χ1) is 15.0. The number of hydrogen-bond donors (Lipinski definition) is 2. The van der Waals surface area contributed by atoms with Crippen LogP contribution in [0.5, 0.6) is 5.75 Å². The zero-order chi connectivity index (χ0) is 21.7. The minimum Gasteiger partial charge on any atom is -0.497 e. The highest BCUT2D eigenvalue weighted by Crippen LogP contribution is 2.51. The van der Waals surface area contributed by atoms with Crippen LogP contribution in [0.1, 0.15) is 35.1 Å². The van der Waals surface area contributed by atoms with Crippen molar-refractivity contribution in [3.8, 4) is 5.75 Å². The van der Waals surface area contributed by atoms with Crippen molar-refractivity contribution in [2.24, 2.45) is 5.92 Å². The molecule has 0 radical (unpaired) electrons. The quantitative estimate of drug-likeness (QED) is 0.598. The van der Waals surface area contributed by atoms with Crippen LogP contribution >= 0.6 is 11.6 Å². The molecule has 1 aromatic heterocycles. The number of ether oxygens (including phenoxy) is 1. The van der Waals surface area contributed by atoms with E-state index in [4.69, 9.17) is 16.3 Å². The lowest BCUT2D eigenvalue weighted by molar-refractivity contribution is -0.126. The predicted octanol–water partition coefficient (Wildman–Crippen LogP) is 3.38. The van der Waals surface area contributed by atoms with Gasteiger partial charge in [0.1, 0.15) is 5.75 Å². The van der Waals surface area contributed by atoms with Gasteiger partial charge in [-0.15, -0.1) is 0 Å². The molecule has 0 bridgehead atoms. The number of halogens is 1. The van der Waals surface area contributed by atoms with Crippen LogP contribution in [0.3, 0.4) is 0 Å². The predicted molar refractivity (Wildman–Crippen MR) is 117 cm³/mol. The number of rotatable bonds is 5. The molecule has 0 spiro atoms. The molecule has 1 saturated heterocycles. The van der Waals surface area contributed by atoms with E-state index in [2.05, 4.69) is 9.88 Å². The minimum atomic E-state index is -0.581. The normalized spacial score (nSPS) is 22.4. The molecule has 6 nitrogen and oxygen atoms in total. The molecule has 1 aliphatic heterocycles. The molecule has 5 rings (SSSR count). The molecule has 2 aromatic carbocycles. The number of imide groups is 1. The Bertz CT molecular complexity index is 1200. The maximum atomic E-state index is 13.0. The number of amides is 2. The highest BCUT2D eigenvalue weighted by molar-refractivity contribution is 6.31. The highest BCUT2D eigenvalue weighted by Gasteiger charge is 2.52. The van der Waals surface area contributed by atoms with Gasteiger partial charge in [-0.3, -0.25) is 14.9 Å². The van der Waals surface area contributed by atoms with Gasteiger partial charge >= 0.3 is 0 Å². The van der Waals surface area contributed by atoms with E-state index in [9.17, 15) is 14.7 Å². The summed E-state index contributed by atoms with van der Waals surface area (Å²) in [4.78, 5) is 25.9. The molecule has 31 heavy (non-hydrogen) atoms. The van der Waals surface area contributed by atoms with Gasteiger partial charge in [-0.1, -0.05) is 29.8 Å². The van der Waals surface area contributed by atoms with Gasteiger partial charge in [-0.2, -0.15) is 0 Å². The fraction of sp³-hybridized carbons (Fsp3) is 0.333. The molecule has 1 fully saturated rings. The van der Waals surface area contributed by atoms with Crippen LogP contribution in [-0.2, 0) is 22.6 Å². The van der Waals surface area contributed by atoms with Gasteiger partial charge in [0, 0.05) is 40.7 Å². The number of aromatic nitrogens is 1. The van der Waals surface area contributed by atoms with E-state index in [0.29, 0.717) is 30.2 Å². The first-order valence-corrected chi connectivity index (χ1v) is 10.8. The molecular weight excluding hydrogens is 416 g/mol. The maximum Gasteiger partial charge on any atom is 0.235 e. The molecule has 2 heterocycles. The number of aliphatic hydroxyl groups is 1. The largest absolute Gasteiger partial charge is 0.497 e. The standard InChI is InChI=1S/C24H23ClN2O4/c1-31-13-7-8-18-16(11-13)20-19(27(18)9-4-10-28)12-15(14-5-2-3-6-17(14)25)21-22(20)24(30)26-23(21)29/h2-3,5-8,11,15,21-22,28H,4,9-10,12H2,1H3,(H,26,29,30). The van der Waals surface area contributed by atoms with Gasteiger partial charge in [0.15, 0.2) is 0 Å². The molecule has 0 saturated carbocycles. The Labute approximate surface area is 184 Å². The molecule has 2 amide bonds. The first-order valence-electron chi connectivity index (χ1n) is 10.4. The highest BCUT2D eigenvalue weighted by atomic mass is 35.5. The third kappa shape index (κ3) is 3.05. The molecular formula is C24H23ClN2O4. The van der Waals surface area contributed by atoms with E-state index in [-0.39, 0.29) is 24.3 Å². The van der Waals surface area contributed by atoms with Gasteiger partial charge < -0.3 is 14.4 Å². The van der Waals surface area contributed by atoms with Crippen molar-refractivity contribution < 1.29 is 19.4 Å². The molecule has 2 N–H and O–H groups in total. The Hall–Kier alpha value is -2.83. The summed E-state index contributed by atoms with van der Waals surface area (Å²) in [6, 6.07) is 13.3. The number of carbonyl (C=O) groups excluding carboxylic acids is 2. The summed E-state index contributed by atoms with van der Waals surface area (Å²) in [5.41, 5.74) is 3.77. The van der Waals surface area contributed by atoms with Crippen LogP contribution in [0.15, 0.2) is 42.5 Å². The smallest absolute Gasteiger partial charge is 0.235 e. The number of fused-ring (bicyclic) bond motifs is 5. The summed E-state index contributed by atoms with van der Waals surface area (Å²) >= 11 is 6.53. The average Bonchev–Trinajstić information content (AvgIpc) is 3.25. The van der Waals surface area contributed by atoms with Crippen LogP contribution in [0.2, 0.25) is 5.02 Å². The van der Waals surface area contributed by atoms with Crippen LogP contribution in [0.4, 0.5) is 0 Å². The van der Waals surface area contributed by atoms with Crippen molar-refractivity contribution in [3.05, 3.63) is 64.3 Å². The number of benzene rings is 2. The molecule has 160 valence electrons. The maximum absolute atomic E-state index is 13.0. The van der Waals surface area contributed by atoms with E-state index >= 15 is 0 Å². The summed E-state index contributed by atoms with van der Waals surface area (Å²) in [5, 5.41) is 13.5. The molecule has 1 aliphatic carbocycles. The molecule has 3 aromatic rings. The Morgan fingerprint density at radius 1 is 1.19 bits per heavy atom. The summed E-state index contributed by atoms with van der Waals surface area (Å²) in [5.74, 6) is -1.12. The third-order valence-corrected chi connectivity index (χ3v) is 6.96. The topological polar surface area (TPSA) is 80.6 Å². The van der Waals surface area contributed by atoms with E-state index in [1.54, 1.807) is 7.11 Å². The van der Waals surface area contributed by atoms with Crippen molar-refractivity contribution in [2.45, 2.75) is 31.2 Å². The number of carbonyl (C=O) groups is 2. The molecule has 3 unspecified atom stereocenters. The number of nitrogens with zero attached hydrogens (tertiary/aromatic N) is 1. The van der Waals surface area contributed by atoms with Gasteiger partial charge in [-0.05, 0) is 48.2 Å². The third-order valence-electron chi connectivity index (χ3n) is 6.61. The van der Waals surface area contributed by atoms with Gasteiger partial charge in [0.05, 0.1) is 18.9 Å². The van der Waals surface area contributed by atoms with Crippen molar-refractivity contribution in [3.63, 3.8) is 0 Å². The number of nitrogens with one attached hydrogen (secondary N) is 1. The van der Waals surface area contributed by atoms with Gasteiger partial charge in [-0.25, -0.2) is 0 Å². The van der Waals surface area contributed by atoms with Crippen LogP contribution in [-0.4, -0.2) is 35.2 Å². The fourth-order valence-electron chi connectivity index (χ4n) is 5.33. The van der Waals surface area contributed by atoms with E-state index in [1.807, 2.05) is 42.5 Å². The minimum absolute atomic E-state index is 0.0730. The second-order valence-electron chi connectivity index (χ2n) is 8.16. The molecule has 2 aliphatic rings. The van der Waals surface area contributed by atoms with Crippen LogP contribution in [0, 0.1) is 5.92 Å². The summed E-state index contributed by atoms with van der Waals surface area (Å²) < 4.78 is 7.61. The second kappa shape index (κ2) is 7.70. The SMILES string of the molecule is COc1ccc2c(c1)c1c(n2CCCO)CC(c2ccccc2Cl)C2C(=O)NC(=O)C12. The summed E-state index contributed by atoms with van der Waals surface area (Å²) in [6.07, 6.45) is 1.18. The van der Waals surface area contributed by atoms with Crippen molar-refractivity contribution in [1.29, 1.82) is 0 Å². The Morgan fingerprint density at radius 2 is 2.00 bits per heavy atom. The molecule has 7 heteroatoms. The van der Waals surface area contributed by atoms with E-state index < -0.39 is 11.8 Å². The monoisotopic (exact) mass is 438 g/mol. The number of aliphatic hydroxyl groups excluding tert-OH is 1. The lowest BCUT2D eigenvalue weighted by Crippen LogP contribution is -2.31. The van der Waals surface area contributed by atoms with Crippen molar-refractivity contribution >= 4 is 34.3 Å². The lowest BCUT2D eigenvalue weighted by atomic mass is 9.69. The van der Waals surface area contributed by atoms with E-state index in [0.717, 1.165) is 27.7 Å². The van der Waals surface area contributed by atoms with Crippen LogP contribution < -0.4 is 10.1 Å². The van der Waals surface area contributed by atoms with Crippen molar-refractivity contribution in [1.82, 2.24) is 9.88 Å². The Balaban J connectivity index is 1.78. The zero-order valence-electron chi connectivity index (χ0n) is 17.1. The number of hydrogen-bond acceptors (Lipinski definition) is 4. The summed E-state index contributed by atoms with van der Waals surface area (Å²) in [7, 11) is 1.61. The number of methoxy groups -OCH3 is 1. The van der Waals surface area contributed by atoms with Crippen molar-refractivity contribution in [2.75, 3.05) is 13.7 Å². The van der Waals surface area contributed by atoms with Gasteiger partial charge in [0.2, 0.25) is 11.8 Å². The number of aryl methyl sites for hydroxylation is 1. The zero-order valence-corrected chi connectivity index (χ0v) is 17.9. The first kappa shape index (κ1) is 20.1.